The molecule has 2 N–H and O–H groups in total. The lowest BCUT2D eigenvalue weighted by molar-refractivity contribution is 0.441. The van der Waals surface area contributed by atoms with Crippen molar-refractivity contribution in [3.63, 3.8) is 0 Å². The van der Waals surface area contributed by atoms with E-state index in [0.717, 1.165) is 16.7 Å². The van der Waals surface area contributed by atoms with Gasteiger partial charge in [0.05, 0.1) is 0 Å². The second-order valence-electron chi connectivity index (χ2n) is 4.39. The number of rotatable bonds is 3. The summed E-state index contributed by atoms with van der Waals surface area (Å²) in [5, 5.41) is 0. The average Bonchev–Trinajstić information content (AvgIpc) is 2.30. The van der Waals surface area contributed by atoms with Gasteiger partial charge in [0.2, 0.25) is 0 Å². The molecule has 0 spiro atoms. The molecule has 2 rings (SSSR count). The fraction of sp³-hybridized carbons (Fsp3) is 0.200. The van der Waals surface area contributed by atoms with Gasteiger partial charge in [-0.25, -0.2) is 4.39 Å². The number of halogens is 1. The zero-order valence-corrected chi connectivity index (χ0v) is 10.5. The highest BCUT2D eigenvalue weighted by molar-refractivity contribution is 5.38. The van der Waals surface area contributed by atoms with Crippen LogP contribution in [0, 0.1) is 19.7 Å². The Hall–Kier alpha value is -1.87. The van der Waals surface area contributed by atoms with Gasteiger partial charge in [-0.15, -0.1) is 0 Å². The Balaban J connectivity index is 2.28. The molecule has 0 saturated heterocycles. The molecule has 18 heavy (non-hydrogen) atoms. The third-order valence-electron chi connectivity index (χ3n) is 2.66. The summed E-state index contributed by atoms with van der Waals surface area (Å²) in [6.07, 6.45) is 0. The standard InChI is InChI=1S/C15H16FNO/c1-10-5-11(2)7-13(6-10)18-15-4-3-12(9-17)8-14(15)16/h3-8H,9,17H2,1-2H3. The summed E-state index contributed by atoms with van der Waals surface area (Å²) in [6.45, 7) is 4.28. The summed E-state index contributed by atoms with van der Waals surface area (Å²) in [5.74, 6) is 0.473. The van der Waals surface area contributed by atoms with Gasteiger partial charge in [-0.3, -0.25) is 0 Å². The van der Waals surface area contributed by atoms with Crippen LogP contribution < -0.4 is 10.5 Å². The van der Waals surface area contributed by atoms with Crippen molar-refractivity contribution in [2.45, 2.75) is 20.4 Å². The first kappa shape index (κ1) is 12.6. The lowest BCUT2D eigenvalue weighted by Crippen LogP contribution is -1.97. The largest absolute Gasteiger partial charge is 0.454 e. The van der Waals surface area contributed by atoms with Crippen LogP contribution in [0.5, 0.6) is 11.5 Å². The van der Waals surface area contributed by atoms with Crippen molar-refractivity contribution in [2.75, 3.05) is 0 Å². The zero-order chi connectivity index (χ0) is 13.1. The molecular weight excluding hydrogens is 229 g/mol. The molecular formula is C15H16FNO. The minimum atomic E-state index is -0.392. The van der Waals surface area contributed by atoms with E-state index in [1.165, 1.54) is 6.07 Å². The topological polar surface area (TPSA) is 35.2 Å². The molecule has 2 nitrogen and oxygen atoms in total. The van der Waals surface area contributed by atoms with Crippen molar-refractivity contribution >= 4 is 0 Å². The van der Waals surface area contributed by atoms with Gasteiger partial charge in [0.25, 0.3) is 0 Å². The van der Waals surface area contributed by atoms with E-state index in [1.54, 1.807) is 12.1 Å². The van der Waals surface area contributed by atoms with E-state index in [9.17, 15) is 4.39 Å². The van der Waals surface area contributed by atoms with Crippen molar-refractivity contribution in [1.82, 2.24) is 0 Å². The van der Waals surface area contributed by atoms with E-state index in [4.69, 9.17) is 10.5 Å². The monoisotopic (exact) mass is 245 g/mol. The summed E-state index contributed by atoms with van der Waals surface area (Å²) in [5.41, 5.74) is 8.38. The molecule has 0 aliphatic carbocycles. The fourth-order valence-corrected chi connectivity index (χ4v) is 1.87. The molecule has 2 aromatic rings. The Morgan fingerprint density at radius 3 is 2.28 bits per heavy atom. The van der Waals surface area contributed by atoms with Crippen LogP contribution in [0.2, 0.25) is 0 Å². The Morgan fingerprint density at radius 1 is 1.06 bits per heavy atom. The van der Waals surface area contributed by atoms with Crippen LogP contribution in [0.1, 0.15) is 16.7 Å². The van der Waals surface area contributed by atoms with Gasteiger partial charge in [-0.1, -0.05) is 12.1 Å². The van der Waals surface area contributed by atoms with Gasteiger partial charge in [-0.05, 0) is 54.8 Å². The molecule has 0 unspecified atom stereocenters. The van der Waals surface area contributed by atoms with Gasteiger partial charge in [0, 0.05) is 6.54 Å². The number of hydrogen-bond acceptors (Lipinski definition) is 2. The highest BCUT2D eigenvalue weighted by atomic mass is 19.1. The van der Waals surface area contributed by atoms with E-state index in [2.05, 4.69) is 0 Å². The Labute approximate surface area is 106 Å². The van der Waals surface area contributed by atoms with Crippen LogP contribution in [-0.4, -0.2) is 0 Å². The number of nitrogens with two attached hydrogens (primary N) is 1. The van der Waals surface area contributed by atoms with E-state index < -0.39 is 5.82 Å². The fourth-order valence-electron chi connectivity index (χ4n) is 1.87. The predicted molar refractivity (Wildman–Crippen MR) is 70.3 cm³/mol. The summed E-state index contributed by atoms with van der Waals surface area (Å²) >= 11 is 0. The normalized spacial score (nSPS) is 10.4. The molecule has 2 aromatic carbocycles. The van der Waals surface area contributed by atoms with Crippen molar-refractivity contribution < 1.29 is 9.13 Å². The predicted octanol–water partition coefficient (Wildman–Crippen LogP) is 3.69. The Morgan fingerprint density at radius 2 is 1.72 bits per heavy atom. The smallest absolute Gasteiger partial charge is 0.166 e. The minimum absolute atomic E-state index is 0.220. The number of aryl methyl sites for hydroxylation is 2. The molecule has 0 fully saturated rings. The van der Waals surface area contributed by atoms with Crippen molar-refractivity contribution in [2.24, 2.45) is 5.73 Å². The van der Waals surface area contributed by atoms with Gasteiger partial charge in [-0.2, -0.15) is 0 Å². The number of ether oxygens (including phenoxy) is 1. The molecule has 0 bridgehead atoms. The first-order valence-corrected chi connectivity index (χ1v) is 5.83. The van der Waals surface area contributed by atoms with E-state index in [0.29, 0.717) is 12.3 Å². The summed E-state index contributed by atoms with van der Waals surface area (Å²) < 4.78 is 19.3. The van der Waals surface area contributed by atoms with Crippen molar-refractivity contribution in [3.8, 4) is 11.5 Å². The maximum Gasteiger partial charge on any atom is 0.166 e. The molecule has 0 radical (unpaired) electrons. The van der Waals surface area contributed by atoms with E-state index in [-0.39, 0.29) is 5.75 Å². The third kappa shape index (κ3) is 2.87. The Kier molecular flexibility index (Phi) is 3.63. The Bertz CT molecular complexity index is 546. The molecule has 0 amide bonds. The number of benzene rings is 2. The number of hydrogen-bond donors (Lipinski definition) is 1. The molecule has 0 aromatic heterocycles. The van der Waals surface area contributed by atoms with Crippen molar-refractivity contribution in [3.05, 3.63) is 58.9 Å². The third-order valence-corrected chi connectivity index (χ3v) is 2.66. The summed E-state index contributed by atoms with van der Waals surface area (Å²) in [6, 6.07) is 10.6. The lowest BCUT2D eigenvalue weighted by atomic mass is 10.1. The molecule has 0 aliphatic rings. The summed E-state index contributed by atoms with van der Waals surface area (Å²) in [7, 11) is 0. The van der Waals surface area contributed by atoms with Gasteiger partial charge in [0.15, 0.2) is 11.6 Å². The summed E-state index contributed by atoms with van der Waals surface area (Å²) in [4.78, 5) is 0. The van der Waals surface area contributed by atoms with Crippen LogP contribution in [-0.2, 0) is 6.54 Å². The second kappa shape index (κ2) is 5.19. The van der Waals surface area contributed by atoms with Crippen LogP contribution >= 0.6 is 0 Å². The second-order valence-corrected chi connectivity index (χ2v) is 4.39. The SMILES string of the molecule is Cc1cc(C)cc(Oc2ccc(CN)cc2F)c1. The highest BCUT2D eigenvalue weighted by Crippen LogP contribution is 2.26. The molecule has 0 aliphatic heterocycles. The maximum absolute atomic E-state index is 13.7. The van der Waals surface area contributed by atoms with Gasteiger partial charge >= 0.3 is 0 Å². The molecule has 0 saturated carbocycles. The average molecular weight is 245 g/mol. The first-order valence-electron chi connectivity index (χ1n) is 5.83. The van der Waals surface area contributed by atoms with Crippen LogP contribution in [0.15, 0.2) is 36.4 Å². The van der Waals surface area contributed by atoms with Crippen LogP contribution in [0.25, 0.3) is 0 Å². The van der Waals surface area contributed by atoms with Crippen LogP contribution in [0.3, 0.4) is 0 Å². The zero-order valence-electron chi connectivity index (χ0n) is 10.5. The molecule has 0 heterocycles. The van der Waals surface area contributed by atoms with Crippen molar-refractivity contribution in [1.29, 1.82) is 0 Å². The highest BCUT2D eigenvalue weighted by Gasteiger charge is 2.06. The molecule has 94 valence electrons. The van der Waals surface area contributed by atoms with Gasteiger partial charge < -0.3 is 10.5 Å². The van der Waals surface area contributed by atoms with E-state index in [1.807, 2.05) is 32.0 Å². The quantitative estimate of drug-likeness (QED) is 0.895. The molecule has 0 atom stereocenters. The maximum atomic E-state index is 13.7. The lowest BCUT2D eigenvalue weighted by Gasteiger charge is -2.09. The molecule has 3 heteroatoms. The van der Waals surface area contributed by atoms with Crippen LogP contribution in [0.4, 0.5) is 4.39 Å². The van der Waals surface area contributed by atoms with Gasteiger partial charge in [0.1, 0.15) is 5.75 Å². The first-order chi connectivity index (χ1) is 8.58. The van der Waals surface area contributed by atoms with E-state index >= 15 is 0 Å². The minimum Gasteiger partial charge on any atom is -0.454 e.